The number of carbonyl (C=O) groups is 1. The van der Waals surface area contributed by atoms with Crippen molar-refractivity contribution in [1.82, 2.24) is 24.4 Å². The second-order valence-corrected chi connectivity index (χ2v) is 9.99. The second-order valence-electron chi connectivity index (χ2n) is 9.99. The lowest BCUT2D eigenvalue weighted by atomic mass is 9.90. The maximum Gasteiger partial charge on any atom is 0.327 e. The molecule has 9 heteroatoms. The molecular weight excluding hydrogens is 488 g/mol. The number of hydrogen-bond donors (Lipinski definition) is 1. The summed E-state index contributed by atoms with van der Waals surface area (Å²) in [6.07, 6.45) is 7.94. The minimum atomic E-state index is -0.848. The van der Waals surface area contributed by atoms with Gasteiger partial charge in [0.1, 0.15) is 0 Å². The van der Waals surface area contributed by atoms with E-state index >= 15 is 0 Å². The molecule has 194 valence electrons. The van der Waals surface area contributed by atoms with Crippen LogP contribution in [0.1, 0.15) is 54.5 Å². The zero-order valence-corrected chi connectivity index (χ0v) is 20.7. The zero-order valence-electron chi connectivity index (χ0n) is 20.7. The molecule has 4 heterocycles. The van der Waals surface area contributed by atoms with Crippen molar-refractivity contribution in [3.8, 4) is 0 Å². The van der Waals surface area contributed by atoms with Gasteiger partial charge in [-0.05, 0) is 79.0 Å². The predicted octanol–water partition coefficient (Wildman–Crippen LogP) is 4.77. The number of carbonyl (C=O) groups excluding carboxylic acids is 1. The van der Waals surface area contributed by atoms with E-state index in [0.717, 1.165) is 28.4 Å². The first kappa shape index (κ1) is 24.2. The minimum absolute atomic E-state index is 0.0145. The van der Waals surface area contributed by atoms with Crippen molar-refractivity contribution in [2.24, 2.45) is 0 Å². The summed E-state index contributed by atoms with van der Waals surface area (Å²) in [5.74, 6) is -1.97. The maximum atomic E-state index is 14.6. The summed E-state index contributed by atoms with van der Waals surface area (Å²) in [5, 5.41) is 0. The molecule has 4 aromatic rings. The number of nitrogens with zero attached hydrogens (tertiary/aromatic N) is 4. The first-order valence-corrected chi connectivity index (χ1v) is 12.9. The molecule has 1 aliphatic heterocycles. The fraction of sp³-hybridized carbons (Fsp3) is 0.310. The van der Waals surface area contributed by atoms with E-state index in [1.807, 2.05) is 24.3 Å². The normalized spacial score (nSPS) is 19.5. The molecule has 7 nitrogen and oxygen atoms in total. The number of H-pyrrole nitrogens is 1. The summed E-state index contributed by atoms with van der Waals surface area (Å²) in [6, 6.07) is 11.7. The molecule has 1 saturated heterocycles. The van der Waals surface area contributed by atoms with Gasteiger partial charge in [-0.15, -0.1) is 0 Å². The van der Waals surface area contributed by atoms with E-state index in [4.69, 9.17) is 0 Å². The fourth-order valence-electron chi connectivity index (χ4n) is 5.86. The van der Waals surface area contributed by atoms with E-state index in [1.165, 1.54) is 6.07 Å². The molecule has 1 N–H and O–H groups in total. The molecule has 0 radical (unpaired) electrons. The van der Waals surface area contributed by atoms with Crippen LogP contribution in [0.5, 0.6) is 0 Å². The number of piperidine rings is 1. The van der Waals surface area contributed by atoms with Crippen molar-refractivity contribution < 1.29 is 13.6 Å². The highest BCUT2D eigenvalue weighted by Gasteiger charge is 2.28. The van der Waals surface area contributed by atoms with E-state index < -0.39 is 11.6 Å². The quantitative estimate of drug-likeness (QED) is 0.315. The summed E-state index contributed by atoms with van der Waals surface area (Å²) in [5.41, 5.74) is 3.99. The van der Waals surface area contributed by atoms with Gasteiger partial charge in [0, 0.05) is 37.6 Å². The second kappa shape index (κ2) is 9.96. The third-order valence-electron chi connectivity index (χ3n) is 7.77. The highest BCUT2D eigenvalue weighted by molar-refractivity contribution is 5.95. The number of fused-ring (bicyclic) bond motifs is 2. The molecule has 0 spiro atoms. The van der Waals surface area contributed by atoms with E-state index in [9.17, 15) is 18.4 Å². The van der Waals surface area contributed by atoms with Crippen LogP contribution in [0, 0.1) is 11.6 Å². The first-order valence-electron chi connectivity index (χ1n) is 12.9. The van der Waals surface area contributed by atoms with E-state index in [0.29, 0.717) is 56.4 Å². The number of halogens is 2. The lowest BCUT2D eigenvalue weighted by Crippen LogP contribution is -2.39. The summed E-state index contributed by atoms with van der Waals surface area (Å²) in [7, 11) is 0. The maximum absolute atomic E-state index is 14.6. The van der Waals surface area contributed by atoms with Crippen molar-refractivity contribution in [2.45, 2.75) is 44.1 Å². The van der Waals surface area contributed by atoms with Crippen molar-refractivity contribution in [3.63, 3.8) is 0 Å². The van der Waals surface area contributed by atoms with Crippen LogP contribution in [0.25, 0.3) is 16.7 Å². The van der Waals surface area contributed by atoms with E-state index in [-0.39, 0.29) is 23.6 Å². The SMILES string of the molecule is O=C(/C=C1/CCC(c2cccc(F)c2F)Cc2cccnc21)N1CCC(n2c(=O)[nH]c3ncccc32)CC1. The first-order chi connectivity index (χ1) is 18.5. The fourth-order valence-corrected chi connectivity index (χ4v) is 5.86. The Balaban J connectivity index is 1.21. The third kappa shape index (κ3) is 4.42. The third-order valence-corrected chi connectivity index (χ3v) is 7.77. The number of imidazole rings is 1. The van der Waals surface area contributed by atoms with Crippen molar-refractivity contribution >= 4 is 22.6 Å². The van der Waals surface area contributed by atoms with Crippen molar-refractivity contribution in [3.05, 3.63) is 99.9 Å². The summed E-state index contributed by atoms with van der Waals surface area (Å²) in [4.78, 5) is 39.3. The Labute approximate surface area is 217 Å². The topological polar surface area (TPSA) is 83.9 Å². The number of amides is 1. The number of aromatic amines is 1. The van der Waals surface area contributed by atoms with Gasteiger partial charge < -0.3 is 4.90 Å². The van der Waals surface area contributed by atoms with Crippen LogP contribution in [0.3, 0.4) is 0 Å². The molecule has 2 aliphatic rings. The number of rotatable bonds is 3. The van der Waals surface area contributed by atoms with Crippen LogP contribution in [-0.4, -0.2) is 43.4 Å². The summed E-state index contributed by atoms with van der Waals surface area (Å²) in [6.45, 7) is 1.05. The Kier molecular flexibility index (Phi) is 6.35. The van der Waals surface area contributed by atoms with Crippen molar-refractivity contribution in [1.29, 1.82) is 0 Å². The van der Waals surface area contributed by atoms with Crippen LogP contribution in [0.4, 0.5) is 8.78 Å². The summed E-state index contributed by atoms with van der Waals surface area (Å²) >= 11 is 0. The molecular formula is C29H27F2N5O2. The largest absolute Gasteiger partial charge is 0.339 e. The van der Waals surface area contributed by atoms with Gasteiger partial charge in [0.05, 0.1) is 11.2 Å². The number of nitrogens with one attached hydrogen (secondary N) is 1. The Hall–Kier alpha value is -4.14. The van der Waals surface area contributed by atoms with Crippen LogP contribution < -0.4 is 5.69 Å². The summed E-state index contributed by atoms with van der Waals surface area (Å²) < 4.78 is 30.3. The molecule has 38 heavy (non-hydrogen) atoms. The zero-order chi connectivity index (χ0) is 26.2. The number of benzene rings is 1. The standard InChI is InChI=1S/C29H27F2N5O2/c30-23-6-1-5-22(26(23)31)18-8-9-20(27-19(16-18)4-2-12-32-27)17-25(37)35-14-10-21(11-15-35)36-24-7-3-13-33-28(24)34-29(36)38/h1-7,12-13,17-18,21H,8-11,14-16H2,(H,33,34,38)/b20-17-. The minimum Gasteiger partial charge on any atom is -0.339 e. The Bertz CT molecular complexity index is 1600. The Morgan fingerprint density at radius 1 is 1.00 bits per heavy atom. The van der Waals surface area contributed by atoms with Gasteiger partial charge in [0.2, 0.25) is 5.91 Å². The van der Waals surface area contributed by atoms with Gasteiger partial charge >= 0.3 is 5.69 Å². The smallest absolute Gasteiger partial charge is 0.327 e. The predicted molar refractivity (Wildman–Crippen MR) is 139 cm³/mol. The molecule has 1 aliphatic carbocycles. The Morgan fingerprint density at radius 2 is 1.79 bits per heavy atom. The highest BCUT2D eigenvalue weighted by atomic mass is 19.2. The van der Waals surface area contributed by atoms with E-state index in [1.54, 1.807) is 34.0 Å². The Morgan fingerprint density at radius 3 is 2.63 bits per heavy atom. The number of hydrogen-bond acceptors (Lipinski definition) is 4. The highest BCUT2D eigenvalue weighted by Crippen LogP contribution is 2.37. The van der Waals surface area contributed by atoms with Crippen LogP contribution in [0.15, 0.2) is 65.7 Å². The molecule has 1 atom stereocenters. The molecule has 0 saturated carbocycles. The number of allylic oxidation sites excluding steroid dienone is 1. The lowest BCUT2D eigenvalue weighted by Gasteiger charge is -2.32. The monoisotopic (exact) mass is 515 g/mol. The van der Waals surface area contributed by atoms with Gasteiger partial charge in [0.15, 0.2) is 17.3 Å². The average molecular weight is 516 g/mol. The molecule has 6 rings (SSSR count). The molecule has 1 aromatic carbocycles. The molecule has 1 unspecified atom stereocenters. The lowest BCUT2D eigenvalue weighted by molar-refractivity contribution is -0.127. The average Bonchev–Trinajstić information content (AvgIpc) is 3.16. The number of aromatic nitrogens is 4. The molecule has 1 amide bonds. The molecule has 3 aromatic heterocycles. The molecule has 1 fully saturated rings. The van der Waals surface area contributed by atoms with Gasteiger partial charge in [-0.2, -0.15) is 0 Å². The van der Waals surface area contributed by atoms with Crippen LogP contribution in [-0.2, 0) is 11.2 Å². The number of pyridine rings is 2. The molecule has 0 bridgehead atoms. The van der Waals surface area contributed by atoms with E-state index in [2.05, 4.69) is 15.0 Å². The van der Waals surface area contributed by atoms with Gasteiger partial charge in [-0.3, -0.25) is 19.3 Å². The van der Waals surface area contributed by atoms with Gasteiger partial charge in [0.25, 0.3) is 0 Å². The number of likely N-dealkylation sites (tertiary alicyclic amines) is 1. The van der Waals surface area contributed by atoms with Crippen LogP contribution in [0.2, 0.25) is 0 Å². The van der Waals surface area contributed by atoms with Gasteiger partial charge in [-0.25, -0.2) is 18.6 Å². The van der Waals surface area contributed by atoms with Crippen LogP contribution >= 0.6 is 0 Å². The van der Waals surface area contributed by atoms with Gasteiger partial charge in [-0.1, -0.05) is 18.2 Å². The van der Waals surface area contributed by atoms with Crippen molar-refractivity contribution in [2.75, 3.05) is 13.1 Å².